The molecule has 0 aliphatic carbocycles. The molecule has 6 nitrogen and oxygen atoms in total. The molecule has 1 saturated heterocycles. The van der Waals surface area contributed by atoms with E-state index in [1.165, 1.54) is 0 Å². The lowest BCUT2D eigenvalue weighted by Gasteiger charge is -2.25. The van der Waals surface area contributed by atoms with Crippen LogP contribution in [0.2, 0.25) is 0 Å². The smallest absolute Gasteiger partial charge is 0.254 e. The molecule has 0 saturated carbocycles. The number of ether oxygens (including phenoxy) is 2. The number of carbonyl (C=O) groups is 1. The molecule has 1 aliphatic heterocycles. The first-order valence-corrected chi connectivity index (χ1v) is 9.87. The van der Waals surface area contributed by atoms with E-state index in [4.69, 9.17) is 9.47 Å². The zero-order chi connectivity index (χ0) is 18.9. The Labute approximate surface area is 172 Å². The highest BCUT2D eigenvalue weighted by Gasteiger charge is 2.13. The van der Waals surface area contributed by atoms with Crippen LogP contribution in [0.1, 0.15) is 11.1 Å². The van der Waals surface area contributed by atoms with Crippen molar-refractivity contribution in [2.45, 2.75) is 6.61 Å². The molecule has 2 aromatic rings. The molecule has 0 unspecified atom stereocenters. The molecule has 142 valence electrons. The van der Waals surface area contributed by atoms with Crippen LogP contribution in [0.5, 0.6) is 5.75 Å². The fourth-order valence-corrected chi connectivity index (χ4v) is 3.32. The summed E-state index contributed by atoms with van der Waals surface area (Å²) in [6.45, 7) is 3.77. The molecule has 0 spiro atoms. The highest BCUT2D eigenvalue weighted by atomic mass is 127. The number of nitrogens with zero attached hydrogens (tertiary/aromatic N) is 2. The van der Waals surface area contributed by atoms with Crippen molar-refractivity contribution in [1.29, 1.82) is 0 Å². The average molecular weight is 479 g/mol. The highest BCUT2D eigenvalue weighted by Crippen LogP contribution is 2.22. The van der Waals surface area contributed by atoms with Gasteiger partial charge >= 0.3 is 0 Å². The van der Waals surface area contributed by atoms with Gasteiger partial charge in [0.1, 0.15) is 12.4 Å². The third-order valence-electron chi connectivity index (χ3n) is 4.07. The van der Waals surface area contributed by atoms with Gasteiger partial charge in [0, 0.05) is 13.1 Å². The summed E-state index contributed by atoms with van der Waals surface area (Å²) in [5, 5.41) is 4.04. The molecular weight excluding hydrogens is 457 g/mol. The van der Waals surface area contributed by atoms with E-state index < -0.39 is 0 Å². The lowest BCUT2D eigenvalue weighted by atomic mass is 10.2. The topological polar surface area (TPSA) is 63.2 Å². The molecule has 0 aromatic heterocycles. The fraction of sp³-hybridized carbons (Fsp3) is 0.300. The molecule has 1 fully saturated rings. The van der Waals surface area contributed by atoms with Gasteiger partial charge in [0.25, 0.3) is 5.91 Å². The van der Waals surface area contributed by atoms with Crippen LogP contribution in [0.3, 0.4) is 0 Å². The number of nitrogens with one attached hydrogen (secondary N) is 1. The predicted molar refractivity (Wildman–Crippen MR) is 113 cm³/mol. The van der Waals surface area contributed by atoms with Crippen LogP contribution < -0.4 is 10.2 Å². The minimum atomic E-state index is -0.120. The maximum absolute atomic E-state index is 11.9. The first-order chi connectivity index (χ1) is 13.2. The lowest BCUT2D eigenvalue weighted by Crippen LogP contribution is -2.42. The summed E-state index contributed by atoms with van der Waals surface area (Å²) >= 11 is 2.24. The molecule has 0 bridgehead atoms. The monoisotopic (exact) mass is 479 g/mol. The Balaban J connectivity index is 1.47. The van der Waals surface area contributed by atoms with Crippen molar-refractivity contribution in [2.75, 3.05) is 32.8 Å². The van der Waals surface area contributed by atoms with Crippen molar-refractivity contribution >= 4 is 34.7 Å². The number of morpholine rings is 1. The van der Waals surface area contributed by atoms with E-state index in [0.29, 0.717) is 26.4 Å². The molecule has 0 atom stereocenters. The summed E-state index contributed by atoms with van der Waals surface area (Å²) < 4.78 is 12.1. The van der Waals surface area contributed by atoms with Gasteiger partial charge in [-0.2, -0.15) is 5.10 Å². The zero-order valence-corrected chi connectivity index (χ0v) is 17.1. The van der Waals surface area contributed by atoms with Gasteiger partial charge in [0.15, 0.2) is 0 Å². The van der Waals surface area contributed by atoms with Gasteiger partial charge in [0.2, 0.25) is 0 Å². The van der Waals surface area contributed by atoms with Gasteiger partial charge in [0.05, 0.1) is 29.5 Å². The van der Waals surface area contributed by atoms with Crippen LogP contribution in [0.4, 0.5) is 0 Å². The summed E-state index contributed by atoms with van der Waals surface area (Å²) in [5.41, 5.74) is 4.60. The maximum atomic E-state index is 11.9. The molecule has 1 aliphatic rings. The van der Waals surface area contributed by atoms with Crippen LogP contribution in [0.15, 0.2) is 53.6 Å². The van der Waals surface area contributed by atoms with Crippen molar-refractivity contribution in [1.82, 2.24) is 10.3 Å². The number of hydrazone groups is 1. The Morgan fingerprint density at radius 2 is 2.00 bits per heavy atom. The maximum Gasteiger partial charge on any atom is 0.254 e. The number of rotatable bonds is 7. The van der Waals surface area contributed by atoms with Gasteiger partial charge in [-0.3, -0.25) is 9.69 Å². The van der Waals surface area contributed by atoms with Crippen LogP contribution in [0, 0.1) is 3.57 Å². The van der Waals surface area contributed by atoms with Crippen LogP contribution in [-0.2, 0) is 16.1 Å². The average Bonchev–Trinajstić information content (AvgIpc) is 2.69. The van der Waals surface area contributed by atoms with Crippen molar-refractivity contribution in [3.63, 3.8) is 0 Å². The third-order valence-corrected chi connectivity index (χ3v) is 4.91. The molecule has 1 heterocycles. The minimum Gasteiger partial charge on any atom is -0.488 e. The molecule has 3 rings (SSSR count). The number of benzene rings is 2. The SMILES string of the molecule is O=C(CN1CCOCC1)N/N=C/c1ccc(OCc2ccccc2)c(I)c1. The molecule has 1 amide bonds. The molecule has 0 radical (unpaired) electrons. The molecular formula is C20H22IN3O3. The summed E-state index contributed by atoms with van der Waals surface area (Å²) in [4.78, 5) is 14.0. The van der Waals surface area contributed by atoms with Crippen LogP contribution in [-0.4, -0.2) is 49.9 Å². The molecule has 27 heavy (non-hydrogen) atoms. The standard InChI is InChI=1S/C20H22IN3O3/c21-18-12-17(6-7-19(18)27-15-16-4-2-1-3-5-16)13-22-23-20(25)14-24-8-10-26-11-9-24/h1-7,12-13H,8-11,14-15H2,(H,23,25)/b22-13+. The van der Waals surface area contributed by atoms with E-state index in [0.717, 1.165) is 33.5 Å². The Kier molecular flexibility index (Phi) is 7.61. The van der Waals surface area contributed by atoms with Crippen molar-refractivity contribution < 1.29 is 14.3 Å². The predicted octanol–water partition coefficient (Wildman–Crippen LogP) is 2.65. The molecule has 2 aromatic carbocycles. The van der Waals surface area contributed by atoms with Crippen LogP contribution >= 0.6 is 22.6 Å². The Bertz CT molecular complexity index is 777. The van der Waals surface area contributed by atoms with Crippen molar-refractivity contribution in [3.05, 3.63) is 63.2 Å². The van der Waals surface area contributed by atoms with Gasteiger partial charge in [-0.1, -0.05) is 30.3 Å². The number of hydrogen-bond acceptors (Lipinski definition) is 5. The summed E-state index contributed by atoms with van der Waals surface area (Å²) in [6.07, 6.45) is 1.64. The van der Waals surface area contributed by atoms with Gasteiger partial charge in [-0.25, -0.2) is 5.43 Å². The number of amides is 1. The Morgan fingerprint density at radius 1 is 1.22 bits per heavy atom. The van der Waals surface area contributed by atoms with Crippen LogP contribution in [0.25, 0.3) is 0 Å². The summed E-state index contributed by atoms with van der Waals surface area (Å²) in [7, 11) is 0. The van der Waals surface area contributed by atoms with Gasteiger partial charge in [-0.15, -0.1) is 0 Å². The molecule has 7 heteroatoms. The largest absolute Gasteiger partial charge is 0.488 e. The highest BCUT2D eigenvalue weighted by molar-refractivity contribution is 14.1. The second kappa shape index (κ2) is 10.4. The summed E-state index contributed by atoms with van der Waals surface area (Å²) in [5.74, 6) is 0.707. The third kappa shape index (κ3) is 6.60. The quantitative estimate of drug-likeness (QED) is 0.377. The number of halogens is 1. The first kappa shape index (κ1) is 19.8. The Hall–Kier alpha value is -1.97. The number of carbonyl (C=O) groups excluding carboxylic acids is 1. The van der Waals surface area contributed by atoms with E-state index in [1.807, 2.05) is 48.5 Å². The van der Waals surface area contributed by atoms with E-state index >= 15 is 0 Å². The van der Waals surface area contributed by atoms with Gasteiger partial charge in [-0.05, 0) is 51.9 Å². The van der Waals surface area contributed by atoms with Gasteiger partial charge < -0.3 is 9.47 Å². The van der Waals surface area contributed by atoms with E-state index in [1.54, 1.807) is 6.21 Å². The van der Waals surface area contributed by atoms with Crippen molar-refractivity contribution in [2.24, 2.45) is 5.10 Å². The van der Waals surface area contributed by atoms with E-state index in [-0.39, 0.29) is 5.91 Å². The second-order valence-corrected chi connectivity index (χ2v) is 7.31. The zero-order valence-electron chi connectivity index (χ0n) is 14.9. The van der Waals surface area contributed by atoms with E-state index in [9.17, 15) is 4.79 Å². The fourth-order valence-electron chi connectivity index (χ4n) is 2.63. The first-order valence-electron chi connectivity index (χ1n) is 8.79. The van der Waals surface area contributed by atoms with E-state index in [2.05, 4.69) is 38.0 Å². The number of hydrogen-bond donors (Lipinski definition) is 1. The minimum absolute atomic E-state index is 0.120. The van der Waals surface area contributed by atoms with Crippen molar-refractivity contribution in [3.8, 4) is 5.75 Å². The Morgan fingerprint density at radius 3 is 2.74 bits per heavy atom. The second-order valence-electron chi connectivity index (χ2n) is 6.15. The normalized spacial score (nSPS) is 15.0. The summed E-state index contributed by atoms with van der Waals surface area (Å²) in [6, 6.07) is 15.9. The lowest BCUT2D eigenvalue weighted by molar-refractivity contribution is -0.123. The molecule has 1 N–H and O–H groups in total.